The van der Waals surface area contributed by atoms with E-state index < -0.39 is 0 Å². The van der Waals surface area contributed by atoms with Crippen LogP contribution in [0.25, 0.3) is 0 Å². The van der Waals surface area contributed by atoms with Gasteiger partial charge in [0.15, 0.2) is 0 Å². The first kappa shape index (κ1) is 8.41. The van der Waals surface area contributed by atoms with Crippen LogP contribution in [0.3, 0.4) is 0 Å². The van der Waals surface area contributed by atoms with Crippen LogP contribution in [0.1, 0.15) is 0 Å². The molecule has 0 unspecified atom stereocenters. The van der Waals surface area contributed by atoms with Crippen LogP contribution in [-0.2, 0) is 21.2 Å². The number of morpholine rings is 1. The zero-order valence-electron chi connectivity index (χ0n) is 5.00. The average Bonchev–Trinajstić information content (AvgIpc) is 1.69. The topological polar surface area (TPSA) is 12.5 Å². The maximum Gasteiger partial charge on any atom is 0.0594 e. The van der Waals surface area contributed by atoms with Crippen LogP contribution in [0, 0.1) is 0 Å². The first-order chi connectivity index (χ1) is 3.39. The van der Waals surface area contributed by atoms with Gasteiger partial charge in [-0.15, -0.1) is 0 Å². The number of nitrogens with zero attached hydrogens (tertiary/aromatic N) is 1. The van der Waals surface area contributed by atoms with E-state index in [0.717, 1.165) is 26.3 Å². The van der Waals surface area contributed by atoms with Gasteiger partial charge in [0.1, 0.15) is 0 Å². The second-order valence-corrected chi connectivity index (χ2v) is 1.92. The number of rotatable bonds is 0. The van der Waals surface area contributed by atoms with Gasteiger partial charge >= 0.3 is 0 Å². The molecule has 2 nitrogen and oxygen atoms in total. The Hall–Kier alpha value is 0.414. The van der Waals surface area contributed by atoms with Crippen molar-refractivity contribution < 1.29 is 21.2 Å². The van der Waals surface area contributed by atoms with E-state index in [9.17, 15) is 0 Å². The largest absolute Gasteiger partial charge is 0.379 e. The molecule has 0 atom stereocenters. The SMILES string of the molecule is CN1CCOCC1.[Ni]. The molecule has 1 fully saturated rings. The molecule has 0 N–H and O–H groups in total. The van der Waals surface area contributed by atoms with Crippen LogP contribution in [0.4, 0.5) is 0 Å². The van der Waals surface area contributed by atoms with Gasteiger partial charge in [0.05, 0.1) is 13.2 Å². The zero-order chi connectivity index (χ0) is 5.11. The molecule has 0 aromatic heterocycles. The molecule has 1 aliphatic rings. The van der Waals surface area contributed by atoms with Gasteiger partial charge < -0.3 is 9.64 Å². The zero-order valence-corrected chi connectivity index (χ0v) is 5.99. The molecule has 1 rings (SSSR count). The van der Waals surface area contributed by atoms with Crippen molar-refractivity contribution in [3.8, 4) is 0 Å². The van der Waals surface area contributed by atoms with Gasteiger partial charge in [0.25, 0.3) is 0 Å². The predicted octanol–water partition coefficient (Wildman–Crippen LogP) is -0.0541. The summed E-state index contributed by atoms with van der Waals surface area (Å²) < 4.78 is 5.10. The Morgan fingerprint density at radius 1 is 1.25 bits per heavy atom. The molecule has 1 saturated heterocycles. The second kappa shape index (κ2) is 4.31. The minimum atomic E-state index is 0. The Labute approximate surface area is 60.1 Å². The van der Waals surface area contributed by atoms with Crippen molar-refractivity contribution in [2.24, 2.45) is 0 Å². The van der Waals surface area contributed by atoms with Crippen LogP contribution < -0.4 is 0 Å². The molecular weight excluding hydrogens is 149 g/mol. The summed E-state index contributed by atoms with van der Waals surface area (Å²) in [5.74, 6) is 0. The fourth-order valence-corrected chi connectivity index (χ4v) is 0.655. The summed E-state index contributed by atoms with van der Waals surface area (Å²) in [5, 5.41) is 0. The summed E-state index contributed by atoms with van der Waals surface area (Å²) in [5.41, 5.74) is 0. The molecule has 1 heterocycles. The number of ether oxygens (including phenoxy) is 1. The molecule has 0 aromatic carbocycles. The van der Waals surface area contributed by atoms with Crippen LogP contribution in [0.2, 0.25) is 0 Å². The molecule has 0 bridgehead atoms. The third-order valence-electron chi connectivity index (χ3n) is 1.23. The summed E-state index contributed by atoms with van der Waals surface area (Å²) >= 11 is 0. The van der Waals surface area contributed by atoms with Gasteiger partial charge in [0.2, 0.25) is 0 Å². The smallest absolute Gasteiger partial charge is 0.0594 e. The van der Waals surface area contributed by atoms with Crippen molar-refractivity contribution in [1.82, 2.24) is 4.90 Å². The van der Waals surface area contributed by atoms with E-state index in [1.54, 1.807) is 0 Å². The summed E-state index contributed by atoms with van der Waals surface area (Å²) in [6.07, 6.45) is 0. The monoisotopic (exact) mass is 159 g/mol. The van der Waals surface area contributed by atoms with Crippen molar-refractivity contribution in [3.63, 3.8) is 0 Å². The average molecular weight is 160 g/mol. The maximum atomic E-state index is 5.10. The van der Waals surface area contributed by atoms with E-state index >= 15 is 0 Å². The fourth-order valence-electron chi connectivity index (χ4n) is 0.655. The normalized spacial score (nSPS) is 22.1. The van der Waals surface area contributed by atoms with Crippen LogP contribution >= 0.6 is 0 Å². The Morgan fingerprint density at radius 2 is 1.75 bits per heavy atom. The van der Waals surface area contributed by atoms with Gasteiger partial charge in [-0.2, -0.15) is 0 Å². The van der Waals surface area contributed by atoms with Crippen molar-refractivity contribution in [1.29, 1.82) is 0 Å². The van der Waals surface area contributed by atoms with E-state index in [4.69, 9.17) is 4.74 Å². The van der Waals surface area contributed by atoms with Crippen LogP contribution in [0.5, 0.6) is 0 Å². The molecule has 1 aliphatic heterocycles. The van der Waals surface area contributed by atoms with E-state index in [1.807, 2.05) is 0 Å². The third-order valence-corrected chi connectivity index (χ3v) is 1.23. The molecule has 52 valence electrons. The summed E-state index contributed by atoms with van der Waals surface area (Å²) in [7, 11) is 2.11. The molecule has 8 heavy (non-hydrogen) atoms. The Kier molecular flexibility index (Phi) is 4.53. The molecule has 0 spiro atoms. The Balaban J connectivity index is 0.000000490. The minimum Gasteiger partial charge on any atom is -0.379 e. The molecular formula is C5H11NNiO. The molecule has 0 saturated carbocycles. The number of likely N-dealkylation sites (N-methyl/N-ethyl adjacent to an activating group) is 1. The second-order valence-electron chi connectivity index (χ2n) is 1.92. The van der Waals surface area contributed by atoms with Crippen molar-refractivity contribution in [2.45, 2.75) is 0 Å². The van der Waals surface area contributed by atoms with Crippen LogP contribution in [-0.4, -0.2) is 38.3 Å². The molecule has 3 heteroatoms. The van der Waals surface area contributed by atoms with Gasteiger partial charge in [-0.05, 0) is 7.05 Å². The quantitative estimate of drug-likeness (QED) is 0.460. The Bertz CT molecular complexity index is 54.4. The van der Waals surface area contributed by atoms with Crippen molar-refractivity contribution >= 4 is 0 Å². The minimum absolute atomic E-state index is 0. The van der Waals surface area contributed by atoms with E-state index in [1.165, 1.54) is 0 Å². The van der Waals surface area contributed by atoms with E-state index in [0.29, 0.717) is 0 Å². The van der Waals surface area contributed by atoms with Gasteiger partial charge in [0, 0.05) is 29.6 Å². The van der Waals surface area contributed by atoms with Gasteiger partial charge in [-0.25, -0.2) is 0 Å². The third kappa shape index (κ3) is 2.66. The summed E-state index contributed by atoms with van der Waals surface area (Å²) in [4.78, 5) is 2.27. The Morgan fingerprint density at radius 3 is 2.00 bits per heavy atom. The summed E-state index contributed by atoms with van der Waals surface area (Å²) in [6, 6.07) is 0. The van der Waals surface area contributed by atoms with Gasteiger partial charge in [-0.1, -0.05) is 0 Å². The van der Waals surface area contributed by atoms with Crippen molar-refractivity contribution in [3.05, 3.63) is 0 Å². The van der Waals surface area contributed by atoms with Gasteiger partial charge in [-0.3, -0.25) is 0 Å². The van der Waals surface area contributed by atoms with Crippen molar-refractivity contribution in [2.75, 3.05) is 33.4 Å². The first-order valence-corrected chi connectivity index (χ1v) is 2.66. The molecule has 0 aliphatic carbocycles. The standard InChI is InChI=1S/C5H11NO.Ni/c1-6-2-4-7-5-3-6;/h2-5H2,1H3;. The first-order valence-electron chi connectivity index (χ1n) is 2.66. The molecule has 0 radical (unpaired) electrons. The summed E-state index contributed by atoms with van der Waals surface area (Å²) in [6.45, 7) is 4.02. The van der Waals surface area contributed by atoms with Crippen LogP contribution in [0.15, 0.2) is 0 Å². The molecule has 0 amide bonds. The fraction of sp³-hybridized carbons (Fsp3) is 1.00. The van der Waals surface area contributed by atoms with E-state index in [-0.39, 0.29) is 16.5 Å². The number of hydrogen-bond donors (Lipinski definition) is 0. The van der Waals surface area contributed by atoms with E-state index in [2.05, 4.69) is 11.9 Å². The predicted molar refractivity (Wildman–Crippen MR) is 28.3 cm³/mol. The molecule has 0 aromatic rings. The maximum absolute atomic E-state index is 5.10. The number of hydrogen-bond acceptors (Lipinski definition) is 2.